The number of anilines is 1. The highest BCUT2D eigenvalue weighted by Crippen LogP contribution is 2.25. The van der Waals surface area contributed by atoms with Gasteiger partial charge in [-0.05, 0) is 49.1 Å². The van der Waals surface area contributed by atoms with E-state index >= 15 is 0 Å². The van der Waals surface area contributed by atoms with Gasteiger partial charge in [-0.2, -0.15) is 0 Å². The smallest absolute Gasteiger partial charge is 0.265 e. The van der Waals surface area contributed by atoms with Gasteiger partial charge in [0.1, 0.15) is 11.5 Å². The van der Waals surface area contributed by atoms with Gasteiger partial charge in [0.2, 0.25) is 0 Å². The van der Waals surface area contributed by atoms with E-state index in [1.54, 1.807) is 31.0 Å². The van der Waals surface area contributed by atoms with Gasteiger partial charge in [0.25, 0.3) is 5.91 Å². The van der Waals surface area contributed by atoms with Crippen molar-refractivity contribution < 1.29 is 14.3 Å². The molecule has 2 aromatic carbocycles. The minimum atomic E-state index is -0.543. The number of carbonyl (C=O) groups excluding carboxylic acids is 1. The normalized spacial score (nSPS) is 11.6. The maximum Gasteiger partial charge on any atom is 0.265 e. The number of hydrogen-bond donors (Lipinski definition) is 1. The summed E-state index contributed by atoms with van der Waals surface area (Å²) in [5, 5.41) is 2.95. The second-order valence-corrected chi connectivity index (χ2v) is 5.73. The van der Waals surface area contributed by atoms with Crippen molar-refractivity contribution >= 4 is 23.4 Å². The van der Waals surface area contributed by atoms with Gasteiger partial charge >= 0.3 is 0 Å². The van der Waals surface area contributed by atoms with Gasteiger partial charge < -0.3 is 14.8 Å². The summed E-state index contributed by atoms with van der Waals surface area (Å²) in [7, 11) is 1.61. The molecule has 1 amide bonds. The summed E-state index contributed by atoms with van der Waals surface area (Å²) in [6, 6.07) is 14.9. The van der Waals surface area contributed by atoms with Crippen molar-refractivity contribution in [3.63, 3.8) is 0 Å². The zero-order valence-electron chi connectivity index (χ0n) is 13.5. The number of amides is 1. The molecule has 0 heterocycles. The molecule has 122 valence electrons. The van der Waals surface area contributed by atoms with Crippen molar-refractivity contribution in [3.8, 4) is 11.5 Å². The molecule has 0 spiro atoms. The van der Waals surface area contributed by atoms with E-state index in [4.69, 9.17) is 9.47 Å². The van der Waals surface area contributed by atoms with Crippen LogP contribution in [0.15, 0.2) is 53.4 Å². The molecule has 1 N–H and O–H groups in total. The SMILES string of the molecule is CC[C@H](Oc1ccc(OC)cc1)C(=O)Nc1ccccc1SC. The fraction of sp³-hybridized carbons (Fsp3) is 0.278. The number of ether oxygens (including phenoxy) is 2. The Hall–Kier alpha value is -2.14. The minimum Gasteiger partial charge on any atom is -0.497 e. The van der Waals surface area contributed by atoms with E-state index in [1.807, 2.05) is 49.6 Å². The van der Waals surface area contributed by atoms with Gasteiger partial charge in [-0.25, -0.2) is 0 Å². The lowest BCUT2D eigenvalue weighted by Gasteiger charge is -2.18. The Morgan fingerprint density at radius 2 is 1.78 bits per heavy atom. The predicted octanol–water partition coefficient (Wildman–Crippen LogP) is 4.21. The molecule has 0 aliphatic heterocycles. The summed E-state index contributed by atoms with van der Waals surface area (Å²) in [6.45, 7) is 1.92. The van der Waals surface area contributed by atoms with Crippen LogP contribution in [0.4, 0.5) is 5.69 Å². The van der Waals surface area contributed by atoms with E-state index in [0.29, 0.717) is 12.2 Å². The molecule has 5 heteroatoms. The van der Waals surface area contributed by atoms with Gasteiger partial charge in [0.05, 0.1) is 12.8 Å². The summed E-state index contributed by atoms with van der Waals surface area (Å²) in [5.41, 5.74) is 0.807. The molecule has 2 aromatic rings. The Kier molecular flexibility index (Phi) is 6.35. The fourth-order valence-electron chi connectivity index (χ4n) is 2.10. The van der Waals surface area contributed by atoms with Gasteiger partial charge in [-0.1, -0.05) is 19.1 Å². The Morgan fingerprint density at radius 1 is 1.13 bits per heavy atom. The summed E-state index contributed by atoms with van der Waals surface area (Å²) >= 11 is 1.60. The molecular formula is C18H21NO3S. The third kappa shape index (κ3) is 4.66. The van der Waals surface area contributed by atoms with Crippen molar-refractivity contribution in [1.82, 2.24) is 0 Å². The Morgan fingerprint density at radius 3 is 2.39 bits per heavy atom. The van der Waals surface area contributed by atoms with Crippen molar-refractivity contribution in [3.05, 3.63) is 48.5 Å². The van der Waals surface area contributed by atoms with Gasteiger partial charge in [-0.15, -0.1) is 11.8 Å². The highest BCUT2D eigenvalue weighted by atomic mass is 32.2. The topological polar surface area (TPSA) is 47.6 Å². The lowest BCUT2D eigenvalue weighted by molar-refractivity contribution is -0.122. The third-order valence-electron chi connectivity index (χ3n) is 3.37. The molecule has 4 nitrogen and oxygen atoms in total. The number of para-hydroxylation sites is 1. The molecule has 0 radical (unpaired) electrons. The van der Waals surface area contributed by atoms with Crippen LogP contribution >= 0.6 is 11.8 Å². The van der Waals surface area contributed by atoms with Crippen molar-refractivity contribution in [1.29, 1.82) is 0 Å². The van der Waals surface area contributed by atoms with Crippen LogP contribution in [0.2, 0.25) is 0 Å². The van der Waals surface area contributed by atoms with E-state index in [9.17, 15) is 4.79 Å². The number of carbonyl (C=O) groups is 1. The van der Waals surface area contributed by atoms with E-state index < -0.39 is 6.10 Å². The minimum absolute atomic E-state index is 0.148. The van der Waals surface area contributed by atoms with E-state index in [0.717, 1.165) is 16.3 Å². The van der Waals surface area contributed by atoms with Crippen LogP contribution in [0.1, 0.15) is 13.3 Å². The molecule has 0 aliphatic rings. The molecule has 0 bridgehead atoms. The molecule has 0 aromatic heterocycles. The maximum absolute atomic E-state index is 12.5. The number of benzene rings is 2. The van der Waals surface area contributed by atoms with Crippen LogP contribution in [-0.4, -0.2) is 25.4 Å². The highest BCUT2D eigenvalue weighted by Gasteiger charge is 2.19. The first-order valence-electron chi connectivity index (χ1n) is 7.42. The highest BCUT2D eigenvalue weighted by molar-refractivity contribution is 7.98. The third-order valence-corrected chi connectivity index (χ3v) is 4.16. The van der Waals surface area contributed by atoms with Crippen LogP contribution in [-0.2, 0) is 4.79 Å². The number of nitrogens with one attached hydrogen (secondary N) is 1. The van der Waals surface area contributed by atoms with Crippen molar-refractivity contribution in [2.24, 2.45) is 0 Å². The summed E-state index contributed by atoms with van der Waals surface area (Å²) in [6.07, 6.45) is 2.02. The fourth-order valence-corrected chi connectivity index (χ4v) is 2.66. The molecular weight excluding hydrogens is 310 g/mol. The molecule has 2 rings (SSSR count). The average Bonchev–Trinajstić information content (AvgIpc) is 2.60. The van der Waals surface area contributed by atoms with Crippen molar-refractivity contribution in [2.75, 3.05) is 18.7 Å². The number of rotatable bonds is 7. The second-order valence-electron chi connectivity index (χ2n) is 4.88. The first kappa shape index (κ1) is 17.2. The first-order chi connectivity index (χ1) is 11.2. The van der Waals surface area contributed by atoms with Crippen LogP contribution in [0.5, 0.6) is 11.5 Å². The monoisotopic (exact) mass is 331 g/mol. The molecule has 0 aliphatic carbocycles. The molecule has 1 atom stereocenters. The number of hydrogen-bond acceptors (Lipinski definition) is 4. The summed E-state index contributed by atoms with van der Waals surface area (Å²) < 4.78 is 10.9. The molecule has 23 heavy (non-hydrogen) atoms. The van der Waals surface area contributed by atoms with E-state index in [-0.39, 0.29) is 5.91 Å². The number of thioether (sulfide) groups is 1. The Bertz CT molecular complexity index is 643. The lowest BCUT2D eigenvalue weighted by Crippen LogP contribution is -2.32. The lowest BCUT2D eigenvalue weighted by atomic mass is 10.2. The largest absolute Gasteiger partial charge is 0.497 e. The van der Waals surface area contributed by atoms with Gasteiger partial charge in [0.15, 0.2) is 6.10 Å². The second kappa shape index (κ2) is 8.48. The van der Waals surface area contributed by atoms with Gasteiger partial charge in [-0.3, -0.25) is 4.79 Å². The zero-order valence-corrected chi connectivity index (χ0v) is 14.4. The van der Waals surface area contributed by atoms with Crippen LogP contribution in [0.3, 0.4) is 0 Å². The van der Waals surface area contributed by atoms with E-state index in [2.05, 4.69) is 5.32 Å². The standard InChI is InChI=1S/C18H21NO3S/c1-4-16(22-14-11-9-13(21-2)10-12-14)18(20)19-15-7-5-6-8-17(15)23-3/h5-12,16H,4H2,1-3H3,(H,19,20)/t16-/m0/s1. The van der Waals surface area contributed by atoms with Gasteiger partial charge in [0, 0.05) is 4.90 Å². The quantitative estimate of drug-likeness (QED) is 0.772. The number of methoxy groups -OCH3 is 1. The molecule has 0 saturated heterocycles. The Balaban J connectivity index is 2.05. The van der Waals surface area contributed by atoms with E-state index in [1.165, 1.54) is 0 Å². The molecule has 0 fully saturated rings. The van der Waals surface area contributed by atoms with Crippen molar-refractivity contribution in [2.45, 2.75) is 24.3 Å². The average molecular weight is 331 g/mol. The van der Waals surface area contributed by atoms with Crippen LogP contribution in [0, 0.1) is 0 Å². The summed E-state index contributed by atoms with van der Waals surface area (Å²) in [4.78, 5) is 13.5. The molecule has 0 unspecified atom stereocenters. The molecule has 0 saturated carbocycles. The summed E-state index contributed by atoms with van der Waals surface area (Å²) in [5.74, 6) is 1.25. The maximum atomic E-state index is 12.5. The predicted molar refractivity (Wildman–Crippen MR) is 94.6 cm³/mol. The van der Waals surface area contributed by atoms with Crippen LogP contribution in [0.25, 0.3) is 0 Å². The van der Waals surface area contributed by atoms with Crippen LogP contribution < -0.4 is 14.8 Å². The first-order valence-corrected chi connectivity index (χ1v) is 8.65. The Labute approximate surface area is 141 Å². The zero-order chi connectivity index (χ0) is 16.7.